The van der Waals surface area contributed by atoms with E-state index in [0.29, 0.717) is 28.2 Å². The van der Waals surface area contributed by atoms with Crippen LogP contribution in [0.5, 0.6) is 0 Å². The van der Waals surface area contributed by atoms with Crippen LogP contribution >= 0.6 is 11.3 Å². The number of carbonyl (C=O) groups is 1. The molecule has 27 heavy (non-hydrogen) atoms. The third-order valence-electron chi connectivity index (χ3n) is 3.89. The SMILES string of the molecule is COCCn1c(=NC(=O)Cc2ccc(F)cc2)sc2cc([N+](=O)[O-])ccc21. The second kappa shape index (κ2) is 8.19. The number of fused-ring (bicyclic) bond motifs is 1. The molecule has 0 unspecified atom stereocenters. The Bertz CT molecular complexity index is 1060. The van der Waals surface area contributed by atoms with Crippen molar-refractivity contribution < 1.29 is 18.8 Å². The standard InChI is InChI=1S/C18H16FN3O4S/c1-26-9-8-21-15-7-6-14(22(24)25)11-16(15)27-18(21)20-17(23)10-12-2-4-13(19)5-3-12/h2-7,11H,8-10H2,1H3. The summed E-state index contributed by atoms with van der Waals surface area (Å²) in [7, 11) is 1.57. The van der Waals surface area contributed by atoms with Crippen molar-refractivity contribution in [3.8, 4) is 0 Å². The lowest BCUT2D eigenvalue weighted by Crippen LogP contribution is -2.19. The minimum Gasteiger partial charge on any atom is -0.383 e. The molecule has 0 saturated heterocycles. The molecule has 0 radical (unpaired) electrons. The summed E-state index contributed by atoms with van der Waals surface area (Å²) in [5, 5.41) is 11.0. The minimum absolute atomic E-state index is 0.0215. The van der Waals surface area contributed by atoms with Gasteiger partial charge in [-0.1, -0.05) is 23.5 Å². The van der Waals surface area contributed by atoms with Gasteiger partial charge in [0.2, 0.25) is 0 Å². The molecule has 0 N–H and O–H groups in total. The number of methoxy groups -OCH3 is 1. The lowest BCUT2D eigenvalue weighted by Gasteiger charge is -2.04. The zero-order valence-corrected chi connectivity index (χ0v) is 15.2. The Morgan fingerprint density at radius 1 is 1.30 bits per heavy atom. The number of thiazole rings is 1. The van der Waals surface area contributed by atoms with Crippen LogP contribution in [0.4, 0.5) is 10.1 Å². The second-order valence-corrected chi connectivity index (χ2v) is 6.76. The Balaban J connectivity index is 1.99. The van der Waals surface area contributed by atoms with Crippen LogP contribution in [0, 0.1) is 15.9 Å². The van der Waals surface area contributed by atoms with Crippen molar-refractivity contribution in [3.63, 3.8) is 0 Å². The molecule has 0 spiro atoms. The Morgan fingerprint density at radius 3 is 2.70 bits per heavy atom. The van der Waals surface area contributed by atoms with Gasteiger partial charge in [0.05, 0.1) is 28.2 Å². The van der Waals surface area contributed by atoms with Gasteiger partial charge in [0, 0.05) is 25.8 Å². The van der Waals surface area contributed by atoms with E-state index in [1.807, 2.05) is 0 Å². The number of amides is 1. The molecule has 7 nitrogen and oxygen atoms in total. The molecule has 0 bridgehead atoms. The number of carbonyl (C=O) groups excluding carboxylic acids is 1. The summed E-state index contributed by atoms with van der Waals surface area (Å²) < 4.78 is 20.5. The van der Waals surface area contributed by atoms with Crippen LogP contribution in [0.15, 0.2) is 47.5 Å². The number of nitrogens with zero attached hydrogens (tertiary/aromatic N) is 3. The molecule has 9 heteroatoms. The van der Waals surface area contributed by atoms with Crippen molar-refractivity contribution in [1.82, 2.24) is 4.57 Å². The van der Waals surface area contributed by atoms with E-state index in [1.165, 1.54) is 47.7 Å². The molecule has 0 aliphatic heterocycles. The average molecular weight is 389 g/mol. The predicted octanol–water partition coefficient (Wildman–Crippen LogP) is 3.07. The molecule has 140 valence electrons. The number of halogens is 1. The number of benzene rings is 2. The second-order valence-electron chi connectivity index (χ2n) is 5.75. The number of hydrogen-bond acceptors (Lipinski definition) is 5. The van der Waals surface area contributed by atoms with E-state index in [1.54, 1.807) is 17.7 Å². The fraction of sp³-hybridized carbons (Fsp3) is 0.222. The van der Waals surface area contributed by atoms with Crippen LogP contribution in [0.2, 0.25) is 0 Å². The Morgan fingerprint density at radius 2 is 2.04 bits per heavy atom. The molecule has 0 aliphatic carbocycles. The highest BCUT2D eigenvalue weighted by Crippen LogP contribution is 2.23. The maximum Gasteiger partial charge on any atom is 0.270 e. The normalized spacial score (nSPS) is 11.9. The van der Waals surface area contributed by atoms with Crippen molar-refractivity contribution >= 4 is 33.1 Å². The van der Waals surface area contributed by atoms with Crippen molar-refractivity contribution in [2.45, 2.75) is 13.0 Å². The fourth-order valence-electron chi connectivity index (χ4n) is 2.58. The monoisotopic (exact) mass is 389 g/mol. The van der Waals surface area contributed by atoms with E-state index < -0.39 is 4.92 Å². The van der Waals surface area contributed by atoms with Gasteiger partial charge in [-0.25, -0.2) is 4.39 Å². The third kappa shape index (κ3) is 4.44. The largest absolute Gasteiger partial charge is 0.383 e. The van der Waals surface area contributed by atoms with Gasteiger partial charge in [0.25, 0.3) is 11.6 Å². The summed E-state index contributed by atoms with van der Waals surface area (Å²) >= 11 is 1.20. The molecular weight excluding hydrogens is 373 g/mol. The van der Waals surface area contributed by atoms with Crippen LogP contribution in [0.1, 0.15) is 5.56 Å². The van der Waals surface area contributed by atoms with E-state index in [-0.39, 0.29) is 23.8 Å². The fourth-order valence-corrected chi connectivity index (χ4v) is 3.69. The van der Waals surface area contributed by atoms with Gasteiger partial charge >= 0.3 is 0 Å². The average Bonchev–Trinajstić information content (AvgIpc) is 2.97. The van der Waals surface area contributed by atoms with Gasteiger partial charge in [0.1, 0.15) is 5.82 Å². The van der Waals surface area contributed by atoms with Gasteiger partial charge in [-0.3, -0.25) is 14.9 Å². The quantitative estimate of drug-likeness (QED) is 0.479. The molecule has 1 amide bonds. The van der Waals surface area contributed by atoms with Gasteiger partial charge in [0.15, 0.2) is 4.80 Å². The number of hydrogen-bond donors (Lipinski definition) is 0. The maximum absolute atomic E-state index is 13.0. The highest BCUT2D eigenvalue weighted by molar-refractivity contribution is 7.16. The molecule has 0 fully saturated rings. The number of rotatable bonds is 6. The van der Waals surface area contributed by atoms with Gasteiger partial charge in [-0.15, -0.1) is 0 Å². The maximum atomic E-state index is 13.0. The first-order valence-electron chi connectivity index (χ1n) is 8.06. The Kier molecular flexibility index (Phi) is 5.72. The minimum atomic E-state index is -0.463. The smallest absolute Gasteiger partial charge is 0.270 e. The molecule has 2 aromatic carbocycles. The number of aromatic nitrogens is 1. The Labute approximate surface area is 157 Å². The van der Waals surface area contributed by atoms with E-state index in [2.05, 4.69) is 4.99 Å². The first-order chi connectivity index (χ1) is 13.0. The van der Waals surface area contributed by atoms with Crippen LogP contribution in [0.3, 0.4) is 0 Å². The summed E-state index contributed by atoms with van der Waals surface area (Å²) in [4.78, 5) is 27.5. The van der Waals surface area contributed by atoms with Gasteiger partial charge < -0.3 is 9.30 Å². The number of nitro benzene ring substituents is 1. The Hall–Kier alpha value is -2.91. The summed E-state index contributed by atoms with van der Waals surface area (Å²) in [6, 6.07) is 10.2. The highest BCUT2D eigenvalue weighted by atomic mass is 32.1. The van der Waals surface area contributed by atoms with E-state index >= 15 is 0 Å². The first-order valence-corrected chi connectivity index (χ1v) is 8.88. The van der Waals surface area contributed by atoms with Crippen molar-refractivity contribution in [2.75, 3.05) is 13.7 Å². The highest BCUT2D eigenvalue weighted by Gasteiger charge is 2.13. The van der Waals surface area contributed by atoms with Crippen molar-refractivity contribution in [1.29, 1.82) is 0 Å². The molecule has 0 saturated carbocycles. The zero-order chi connectivity index (χ0) is 19.4. The van der Waals surface area contributed by atoms with Crippen LogP contribution in [-0.4, -0.2) is 29.1 Å². The number of nitro groups is 1. The van der Waals surface area contributed by atoms with E-state index in [0.717, 1.165) is 5.52 Å². The first kappa shape index (κ1) is 18.9. The van der Waals surface area contributed by atoms with E-state index in [9.17, 15) is 19.3 Å². The molecule has 1 heterocycles. The van der Waals surface area contributed by atoms with Gasteiger partial charge in [-0.05, 0) is 23.8 Å². The molecule has 3 rings (SSSR count). The molecule has 1 aromatic heterocycles. The molecule has 3 aromatic rings. The summed E-state index contributed by atoms with van der Waals surface area (Å²) in [5.41, 5.74) is 1.38. The summed E-state index contributed by atoms with van der Waals surface area (Å²) in [6.45, 7) is 0.860. The lowest BCUT2D eigenvalue weighted by molar-refractivity contribution is -0.384. The van der Waals surface area contributed by atoms with Crippen LogP contribution in [0.25, 0.3) is 10.2 Å². The van der Waals surface area contributed by atoms with E-state index in [4.69, 9.17) is 4.74 Å². The van der Waals surface area contributed by atoms with Crippen LogP contribution in [-0.2, 0) is 22.5 Å². The topological polar surface area (TPSA) is 86.7 Å². The summed E-state index contributed by atoms with van der Waals surface area (Å²) in [6.07, 6.45) is 0.0406. The van der Waals surface area contributed by atoms with Gasteiger partial charge in [-0.2, -0.15) is 4.99 Å². The van der Waals surface area contributed by atoms with Crippen LogP contribution < -0.4 is 4.80 Å². The summed E-state index contributed by atoms with van der Waals surface area (Å²) in [5.74, 6) is -0.750. The lowest BCUT2D eigenvalue weighted by atomic mass is 10.1. The zero-order valence-electron chi connectivity index (χ0n) is 14.4. The molecule has 0 atom stereocenters. The molecule has 0 aliphatic rings. The van der Waals surface area contributed by atoms with Crippen molar-refractivity contribution in [3.05, 3.63) is 68.8 Å². The molecular formula is C18H16FN3O4S. The van der Waals surface area contributed by atoms with Crippen molar-refractivity contribution in [2.24, 2.45) is 4.99 Å². The number of non-ortho nitro benzene ring substituents is 1. The third-order valence-corrected chi connectivity index (χ3v) is 4.93. The predicted molar refractivity (Wildman–Crippen MR) is 99.0 cm³/mol. The number of ether oxygens (including phenoxy) is 1.